The molecule has 0 atom stereocenters. The van der Waals surface area contributed by atoms with Crippen molar-refractivity contribution in [2.45, 2.75) is 6.92 Å². The van der Waals surface area contributed by atoms with Crippen LogP contribution in [0.25, 0.3) is 28.0 Å². The number of benzene rings is 1. The van der Waals surface area contributed by atoms with E-state index >= 15 is 0 Å². The van der Waals surface area contributed by atoms with E-state index in [4.69, 9.17) is 0 Å². The Balaban J connectivity index is 1.82. The molecule has 113 valence electrons. The minimum absolute atomic E-state index is 0.855. The van der Waals surface area contributed by atoms with E-state index in [0.29, 0.717) is 0 Å². The molecule has 0 unspecified atom stereocenters. The number of anilines is 1. The fraction of sp³-hybridized carbons (Fsp3) is 0.111. The van der Waals surface area contributed by atoms with Gasteiger partial charge in [0.1, 0.15) is 0 Å². The molecule has 0 saturated carbocycles. The normalized spacial score (nSPS) is 11.0. The molecular formula is C18H15N4S. The van der Waals surface area contributed by atoms with Crippen molar-refractivity contribution in [3.8, 4) is 22.4 Å². The number of aromatic nitrogens is 3. The van der Waals surface area contributed by atoms with Crippen molar-refractivity contribution in [1.82, 2.24) is 14.6 Å². The van der Waals surface area contributed by atoms with Gasteiger partial charge in [0, 0.05) is 35.1 Å². The summed E-state index contributed by atoms with van der Waals surface area (Å²) in [5.74, 6) is 0. The molecule has 0 bridgehead atoms. The molecule has 1 radical (unpaired) electrons. The van der Waals surface area contributed by atoms with Crippen LogP contribution in [0.1, 0.15) is 6.92 Å². The molecule has 4 aromatic rings. The number of hydrogen-bond acceptors (Lipinski definition) is 4. The van der Waals surface area contributed by atoms with Crippen molar-refractivity contribution in [3.05, 3.63) is 59.6 Å². The van der Waals surface area contributed by atoms with Gasteiger partial charge in [-0.15, -0.1) is 11.3 Å². The Morgan fingerprint density at radius 2 is 2.04 bits per heavy atom. The molecule has 0 fully saturated rings. The van der Waals surface area contributed by atoms with Crippen LogP contribution in [-0.2, 0) is 0 Å². The lowest BCUT2D eigenvalue weighted by Gasteiger charge is -2.07. The van der Waals surface area contributed by atoms with Crippen LogP contribution < -0.4 is 5.32 Å². The summed E-state index contributed by atoms with van der Waals surface area (Å²) in [4.78, 5) is 4.50. The summed E-state index contributed by atoms with van der Waals surface area (Å²) in [6, 6.07) is 12.4. The number of fused-ring (bicyclic) bond motifs is 1. The highest BCUT2D eigenvalue weighted by Crippen LogP contribution is 2.28. The Morgan fingerprint density at radius 3 is 2.78 bits per heavy atom. The summed E-state index contributed by atoms with van der Waals surface area (Å²) in [5, 5.41) is 13.1. The molecule has 0 aliphatic rings. The molecule has 0 aliphatic carbocycles. The molecule has 0 amide bonds. The van der Waals surface area contributed by atoms with Gasteiger partial charge in [-0.3, -0.25) is 0 Å². The lowest BCUT2D eigenvalue weighted by molar-refractivity contribution is 0.948. The van der Waals surface area contributed by atoms with Gasteiger partial charge in [-0.05, 0) is 36.6 Å². The van der Waals surface area contributed by atoms with E-state index in [0.717, 1.165) is 40.3 Å². The fourth-order valence-corrected chi connectivity index (χ4v) is 3.22. The van der Waals surface area contributed by atoms with Gasteiger partial charge in [-0.2, -0.15) is 5.10 Å². The second-order valence-electron chi connectivity index (χ2n) is 5.17. The first kappa shape index (κ1) is 14.0. The zero-order chi connectivity index (χ0) is 15.6. The van der Waals surface area contributed by atoms with Crippen molar-refractivity contribution >= 4 is 22.7 Å². The highest BCUT2D eigenvalue weighted by atomic mass is 32.1. The van der Waals surface area contributed by atoms with Crippen molar-refractivity contribution < 1.29 is 0 Å². The first-order valence-corrected chi connectivity index (χ1v) is 8.37. The number of thiophene rings is 1. The van der Waals surface area contributed by atoms with Crippen LogP contribution in [0.4, 0.5) is 5.69 Å². The van der Waals surface area contributed by atoms with Crippen molar-refractivity contribution in [2.75, 3.05) is 11.9 Å². The first-order valence-electron chi connectivity index (χ1n) is 7.49. The second-order valence-corrected chi connectivity index (χ2v) is 5.88. The van der Waals surface area contributed by atoms with Gasteiger partial charge in [0.05, 0.1) is 17.3 Å². The predicted molar refractivity (Wildman–Crippen MR) is 94.7 cm³/mol. The summed E-state index contributed by atoms with van der Waals surface area (Å²) < 4.78 is 1.89. The molecular weight excluding hydrogens is 304 g/mol. The zero-order valence-electron chi connectivity index (χ0n) is 12.7. The van der Waals surface area contributed by atoms with Gasteiger partial charge in [-0.25, -0.2) is 9.50 Å². The molecule has 1 N–H and O–H groups in total. The molecule has 0 spiro atoms. The third-order valence-electron chi connectivity index (χ3n) is 3.72. The predicted octanol–water partition coefficient (Wildman–Crippen LogP) is 4.36. The van der Waals surface area contributed by atoms with E-state index < -0.39 is 0 Å². The molecule has 0 saturated heterocycles. The molecule has 4 nitrogen and oxygen atoms in total. The SMILES string of the molecule is CCNc1ccc(-c2ccnc3c(-c4[c]scc4)cnn23)cc1. The standard InChI is InChI=1S/C18H15N4S/c1-2-19-15-5-3-13(4-6-15)17-7-9-20-18-16(11-21-22(17)18)14-8-10-23-12-14/h3-11,19H,2H2,1H3. The first-order chi connectivity index (χ1) is 11.4. The van der Waals surface area contributed by atoms with Gasteiger partial charge < -0.3 is 5.32 Å². The Morgan fingerprint density at radius 1 is 1.17 bits per heavy atom. The molecule has 3 aromatic heterocycles. The van der Waals surface area contributed by atoms with E-state index in [2.05, 4.69) is 52.0 Å². The number of hydrogen-bond donors (Lipinski definition) is 1. The van der Waals surface area contributed by atoms with Crippen LogP contribution in [0.3, 0.4) is 0 Å². The molecule has 23 heavy (non-hydrogen) atoms. The Labute approximate surface area is 138 Å². The van der Waals surface area contributed by atoms with E-state index in [9.17, 15) is 0 Å². The van der Waals surface area contributed by atoms with Gasteiger partial charge >= 0.3 is 0 Å². The molecule has 0 aliphatic heterocycles. The molecule has 5 heteroatoms. The summed E-state index contributed by atoms with van der Waals surface area (Å²) in [7, 11) is 0. The third kappa shape index (κ3) is 2.49. The summed E-state index contributed by atoms with van der Waals surface area (Å²) in [6.07, 6.45) is 3.69. The van der Waals surface area contributed by atoms with Gasteiger partial charge in [0.15, 0.2) is 5.65 Å². The van der Waals surface area contributed by atoms with Crippen LogP contribution in [0, 0.1) is 5.38 Å². The van der Waals surface area contributed by atoms with Crippen LogP contribution in [0.2, 0.25) is 0 Å². The quantitative estimate of drug-likeness (QED) is 0.608. The van der Waals surface area contributed by atoms with E-state index in [-0.39, 0.29) is 0 Å². The number of nitrogens with one attached hydrogen (secondary N) is 1. The third-order valence-corrected chi connectivity index (χ3v) is 4.33. The minimum Gasteiger partial charge on any atom is -0.385 e. The van der Waals surface area contributed by atoms with Crippen LogP contribution in [-0.4, -0.2) is 21.1 Å². The molecule has 1 aromatic carbocycles. The van der Waals surface area contributed by atoms with Gasteiger partial charge in [-0.1, -0.05) is 12.1 Å². The average molecular weight is 319 g/mol. The van der Waals surface area contributed by atoms with Crippen molar-refractivity contribution in [2.24, 2.45) is 0 Å². The molecule has 4 rings (SSSR count). The Kier molecular flexibility index (Phi) is 3.55. The van der Waals surface area contributed by atoms with Gasteiger partial charge in [0.25, 0.3) is 0 Å². The maximum Gasteiger partial charge on any atom is 0.163 e. The minimum atomic E-state index is 0.855. The topological polar surface area (TPSA) is 42.2 Å². The lowest BCUT2D eigenvalue weighted by atomic mass is 10.1. The summed E-state index contributed by atoms with van der Waals surface area (Å²) >= 11 is 1.56. The van der Waals surface area contributed by atoms with E-state index in [1.807, 2.05) is 34.4 Å². The van der Waals surface area contributed by atoms with Crippen molar-refractivity contribution in [3.63, 3.8) is 0 Å². The highest BCUT2D eigenvalue weighted by Gasteiger charge is 2.12. The largest absolute Gasteiger partial charge is 0.385 e. The summed E-state index contributed by atoms with van der Waals surface area (Å²) in [6.45, 7) is 3.01. The molecule has 3 heterocycles. The van der Waals surface area contributed by atoms with Crippen LogP contribution >= 0.6 is 11.3 Å². The smallest absolute Gasteiger partial charge is 0.163 e. The van der Waals surface area contributed by atoms with E-state index in [1.165, 1.54) is 0 Å². The van der Waals surface area contributed by atoms with Crippen molar-refractivity contribution in [1.29, 1.82) is 0 Å². The Bertz CT molecular complexity index is 923. The average Bonchev–Trinajstić information content (AvgIpc) is 3.24. The zero-order valence-corrected chi connectivity index (χ0v) is 13.5. The van der Waals surface area contributed by atoms with E-state index in [1.54, 1.807) is 11.3 Å². The lowest BCUT2D eigenvalue weighted by Crippen LogP contribution is -1.97. The highest BCUT2D eigenvalue weighted by molar-refractivity contribution is 7.07. The monoisotopic (exact) mass is 319 g/mol. The maximum absolute atomic E-state index is 4.53. The number of nitrogens with zero attached hydrogens (tertiary/aromatic N) is 3. The Hall–Kier alpha value is -2.66. The maximum atomic E-state index is 4.53. The second kappa shape index (κ2) is 5.85. The van der Waals surface area contributed by atoms with Crippen LogP contribution in [0.15, 0.2) is 54.2 Å². The summed E-state index contributed by atoms with van der Waals surface area (Å²) in [5.41, 5.74) is 6.17. The van der Waals surface area contributed by atoms with Crippen LogP contribution in [0.5, 0.6) is 0 Å². The number of rotatable bonds is 4. The fourth-order valence-electron chi connectivity index (χ4n) is 2.64. The van der Waals surface area contributed by atoms with Gasteiger partial charge in [0.2, 0.25) is 0 Å².